The van der Waals surface area contributed by atoms with E-state index < -0.39 is 5.82 Å². The molecule has 0 aliphatic heterocycles. The van der Waals surface area contributed by atoms with Crippen LogP contribution in [-0.4, -0.2) is 12.6 Å². The van der Waals surface area contributed by atoms with Crippen molar-refractivity contribution in [1.29, 1.82) is 0 Å². The van der Waals surface area contributed by atoms with Crippen LogP contribution in [0.25, 0.3) is 0 Å². The van der Waals surface area contributed by atoms with E-state index in [1.54, 1.807) is 6.92 Å². The van der Waals surface area contributed by atoms with Crippen LogP contribution in [0.15, 0.2) is 12.1 Å². The first kappa shape index (κ1) is 13.5. The van der Waals surface area contributed by atoms with Crippen LogP contribution in [0.5, 0.6) is 0 Å². The quantitative estimate of drug-likeness (QED) is 0.629. The van der Waals surface area contributed by atoms with Crippen molar-refractivity contribution < 1.29 is 13.9 Å². The Morgan fingerprint density at radius 2 is 2.25 bits per heavy atom. The van der Waals surface area contributed by atoms with Gasteiger partial charge >= 0.3 is 5.97 Å². The van der Waals surface area contributed by atoms with Crippen molar-refractivity contribution in [3.8, 4) is 0 Å². The molecule has 88 valence electrons. The molecule has 0 aliphatic rings. The fraction of sp³-hybridized carbons (Fsp3) is 0.364. The Morgan fingerprint density at radius 3 is 2.81 bits per heavy atom. The molecule has 5 heteroatoms. The minimum absolute atomic E-state index is 0.0340. The molecule has 0 spiro atoms. The molecule has 0 heterocycles. The summed E-state index contributed by atoms with van der Waals surface area (Å²) in [5.41, 5.74) is 1.27. The van der Waals surface area contributed by atoms with E-state index in [9.17, 15) is 9.18 Å². The summed E-state index contributed by atoms with van der Waals surface area (Å²) in [6.07, 6.45) is 0.0340. The van der Waals surface area contributed by atoms with Gasteiger partial charge in [0.05, 0.1) is 13.0 Å². The molecular weight excluding hydrogens is 298 g/mol. The van der Waals surface area contributed by atoms with Crippen LogP contribution >= 0.6 is 27.5 Å². The average molecular weight is 310 g/mol. The molecule has 0 bridgehead atoms. The number of ether oxygens (including phenoxy) is 1. The molecule has 16 heavy (non-hydrogen) atoms. The lowest BCUT2D eigenvalue weighted by atomic mass is 10.1. The van der Waals surface area contributed by atoms with Crippen LogP contribution in [0.3, 0.4) is 0 Å². The largest absolute Gasteiger partial charge is 0.466 e. The van der Waals surface area contributed by atoms with Gasteiger partial charge in [0.25, 0.3) is 0 Å². The van der Waals surface area contributed by atoms with E-state index >= 15 is 0 Å². The van der Waals surface area contributed by atoms with Crippen LogP contribution < -0.4 is 0 Å². The zero-order valence-electron chi connectivity index (χ0n) is 8.73. The summed E-state index contributed by atoms with van der Waals surface area (Å²) in [5, 5.41) is 0.789. The number of benzene rings is 1. The lowest BCUT2D eigenvalue weighted by molar-refractivity contribution is -0.142. The summed E-state index contributed by atoms with van der Waals surface area (Å²) in [6.45, 7) is 2.04. The van der Waals surface area contributed by atoms with E-state index in [1.807, 2.05) is 0 Å². The molecule has 0 N–H and O–H groups in total. The number of halogens is 3. The Hall–Kier alpha value is -0.610. The zero-order chi connectivity index (χ0) is 12.1. The van der Waals surface area contributed by atoms with Crippen molar-refractivity contribution in [2.75, 3.05) is 6.61 Å². The number of alkyl halides is 1. The van der Waals surface area contributed by atoms with E-state index in [2.05, 4.69) is 15.9 Å². The average Bonchev–Trinajstić information content (AvgIpc) is 2.17. The summed E-state index contributed by atoms with van der Waals surface area (Å²) in [5.74, 6) is -0.833. The maximum atomic E-state index is 13.1. The second kappa shape index (κ2) is 6.21. The number of esters is 1. The first-order valence-electron chi connectivity index (χ1n) is 4.76. The topological polar surface area (TPSA) is 26.3 Å². The van der Waals surface area contributed by atoms with E-state index in [4.69, 9.17) is 16.3 Å². The highest BCUT2D eigenvalue weighted by atomic mass is 79.9. The van der Waals surface area contributed by atoms with Crippen molar-refractivity contribution >= 4 is 33.5 Å². The molecule has 2 nitrogen and oxygen atoms in total. The molecule has 0 fully saturated rings. The van der Waals surface area contributed by atoms with E-state index in [1.165, 1.54) is 12.1 Å². The Labute approximate surface area is 107 Å². The first-order chi connectivity index (χ1) is 7.58. The molecule has 1 rings (SSSR count). The minimum atomic E-state index is -0.450. The number of hydrogen-bond donors (Lipinski definition) is 0. The standard InChI is InChI=1S/C11H11BrClFO2/c1-2-16-11(15)4-7-3-8(14)5-10(13)9(7)6-12/h3,5H,2,4,6H2,1H3. The van der Waals surface area contributed by atoms with Crippen LogP contribution in [0.2, 0.25) is 5.02 Å². The molecule has 0 saturated carbocycles. The molecular formula is C11H11BrClFO2. The third kappa shape index (κ3) is 3.46. The van der Waals surface area contributed by atoms with Crippen molar-refractivity contribution in [2.45, 2.75) is 18.7 Å². The van der Waals surface area contributed by atoms with Gasteiger partial charge in [-0.25, -0.2) is 4.39 Å². The first-order valence-corrected chi connectivity index (χ1v) is 6.26. The van der Waals surface area contributed by atoms with E-state index in [0.717, 1.165) is 5.56 Å². The smallest absolute Gasteiger partial charge is 0.310 e. The van der Waals surface area contributed by atoms with Crippen LogP contribution in [-0.2, 0) is 21.3 Å². The maximum absolute atomic E-state index is 13.1. The predicted octanol–water partition coefficient (Wildman–Crippen LogP) is 3.48. The molecule has 0 unspecified atom stereocenters. The van der Waals surface area contributed by atoms with Crippen molar-refractivity contribution in [2.24, 2.45) is 0 Å². The zero-order valence-corrected chi connectivity index (χ0v) is 11.1. The van der Waals surface area contributed by atoms with Gasteiger partial charge in [-0.1, -0.05) is 27.5 Å². The minimum Gasteiger partial charge on any atom is -0.466 e. The van der Waals surface area contributed by atoms with Crippen molar-refractivity contribution in [3.05, 3.63) is 34.1 Å². The normalized spacial score (nSPS) is 10.2. The second-order valence-electron chi connectivity index (χ2n) is 3.14. The fourth-order valence-corrected chi connectivity index (χ4v) is 2.45. The van der Waals surface area contributed by atoms with Gasteiger partial charge in [-0.15, -0.1) is 0 Å². The monoisotopic (exact) mass is 308 g/mol. The molecule has 1 aromatic carbocycles. The number of hydrogen-bond acceptors (Lipinski definition) is 2. The molecule has 0 aromatic heterocycles. The molecule has 0 radical (unpaired) electrons. The van der Waals surface area contributed by atoms with Crippen LogP contribution in [0, 0.1) is 5.82 Å². The highest BCUT2D eigenvalue weighted by molar-refractivity contribution is 9.08. The molecule has 0 saturated heterocycles. The summed E-state index contributed by atoms with van der Waals surface area (Å²) in [6, 6.07) is 2.53. The second-order valence-corrected chi connectivity index (χ2v) is 4.11. The summed E-state index contributed by atoms with van der Waals surface area (Å²) < 4.78 is 17.9. The molecule has 0 amide bonds. The number of carbonyl (C=O) groups is 1. The van der Waals surface area contributed by atoms with Gasteiger partial charge in [-0.3, -0.25) is 4.79 Å². The Kier molecular flexibility index (Phi) is 5.22. The van der Waals surface area contributed by atoms with Crippen LogP contribution in [0.1, 0.15) is 18.1 Å². The van der Waals surface area contributed by atoms with Gasteiger partial charge in [-0.2, -0.15) is 0 Å². The van der Waals surface area contributed by atoms with Crippen molar-refractivity contribution in [1.82, 2.24) is 0 Å². The van der Waals surface area contributed by atoms with E-state index in [-0.39, 0.29) is 12.4 Å². The maximum Gasteiger partial charge on any atom is 0.310 e. The molecule has 0 atom stereocenters. The van der Waals surface area contributed by atoms with Gasteiger partial charge < -0.3 is 4.74 Å². The Morgan fingerprint density at radius 1 is 1.56 bits per heavy atom. The Balaban J connectivity index is 2.97. The lowest BCUT2D eigenvalue weighted by Gasteiger charge is -2.09. The van der Waals surface area contributed by atoms with Gasteiger partial charge in [0.15, 0.2) is 0 Å². The number of rotatable bonds is 4. The highest BCUT2D eigenvalue weighted by Crippen LogP contribution is 2.25. The van der Waals surface area contributed by atoms with Gasteiger partial charge in [0, 0.05) is 10.4 Å². The third-order valence-corrected chi connectivity index (χ3v) is 2.92. The fourth-order valence-electron chi connectivity index (χ4n) is 1.33. The van der Waals surface area contributed by atoms with Crippen LogP contribution in [0.4, 0.5) is 4.39 Å². The van der Waals surface area contributed by atoms with Crippen molar-refractivity contribution in [3.63, 3.8) is 0 Å². The highest BCUT2D eigenvalue weighted by Gasteiger charge is 2.12. The number of carbonyl (C=O) groups excluding carboxylic acids is 1. The SMILES string of the molecule is CCOC(=O)Cc1cc(F)cc(Cl)c1CBr. The predicted molar refractivity (Wildman–Crippen MR) is 64.4 cm³/mol. The van der Waals surface area contributed by atoms with Gasteiger partial charge in [-0.05, 0) is 30.2 Å². The van der Waals surface area contributed by atoms with Gasteiger partial charge in [0.2, 0.25) is 0 Å². The third-order valence-electron chi connectivity index (χ3n) is 2.03. The molecule has 1 aromatic rings. The van der Waals surface area contributed by atoms with E-state index in [0.29, 0.717) is 22.5 Å². The van der Waals surface area contributed by atoms with Gasteiger partial charge in [0.1, 0.15) is 5.82 Å². The summed E-state index contributed by atoms with van der Waals surface area (Å²) >= 11 is 9.13. The summed E-state index contributed by atoms with van der Waals surface area (Å²) in [4.78, 5) is 11.3. The molecule has 0 aliphatic carbocycles. The lowest BCUT2D eigenvalue weighted by Crippen LogP contribution is -2.09. The summed E-state index contributed by atoms with van der Waals surface area (Å²) in [7, 11) is 0. The Bertz CT molecular complexity index is 396.